The number of carbonyl (C=O) groups excluding carboxylic acids is 1. The van der Waals surface area contributed by atoms with Crippen LogP contribution in [0.3, 0.4) is 0 Å². The highest BCUT2D eigenvalue weighted by Crippen LogP contribution is 2.60. The van der Waals surface area contributed by atoms with Crippen LogP contribution in [-0.4, -0.2) is 25.0 Å². The van der Waals surface area contributed by atoms with Crippen molar-refractivity contribution in [3.05, 3.63) is 35.4 Å². The number of ketones is 1. The van der Waals surface area contributed by atoms with E-state index in [4.69, 9.17) is 4.74 Å². The van der Waals surface area contributed by atoms with E-state index in [9.17, 15) is 4.79 Å². The number of hydrogen-bond donors (Lipinski definition) is 0. The minimum atomic E-state index is -0.370. The van der Waals surface area contributed by atoms with Crippen LogP contribution in [0.15, 0.2) is 29.8 Å². The van der Waals surface area contributed by atoms with Gasteiger partial charge in [-0.2, -0.15) is 0 Å². The molecule has 1 aliphatic heterocycles. The molecule has 3 atom stereocenters. The predicted octanol–water partition coefficient (Wildman–Crippen LogP) is 4.40. The summed E-state index contributed by atoms with van der Waals surface area (Å²) < 4.78 is 6.31. The predicted molar refractivity (Wildman–Crippen MR) is 101 cm³/mol. The van der Waals surface area contributed by atoms with Gasteiger partial charge < -0.3 is 9.64 Å². The summed E-state index contributed by atoms with van der Waals surface area (Å²) in [6.45, 7) is 11.0. The van der Waals surface area contributed by atoms with Crippen molar-refractivity contribution in [1.82, 2.24) is 0 Å². The van der Waals surface area contributed by atoms with Crippen LogP contribution in [0.5, 0.6) is 5.75 Å². The lowest BCUT2D eigenvalue weighted by Crippen LogP contribution is -2.52. The van der Waals surface area contributed by atoms with Crippen LogP contribution in [0.25, 0.3) is 0 Å². The Hall–Kier alpha value is -1.77. The summed E-state index contributed by atoms with van der Waals surface area (Å²) in [5, 5.41) is 0. The molecule has 0 spiro atoms. The van der Waals surface area contributed by atoms with Crippen LogP contribution >= 0.6 is 0 Å². The molecule has 1 heterocycles. The van der Waals surface area contributed by atoms with E-state index in [0.717, 1.165) is 36.7 Å². The first-order valence-electron chi connectivity index (χ1n) is 9.72. The van der Waals surface area contributed by atoms with Crippen LogP contribution in [0.2, 0.25) is 0 Å². The molecule has 0 saturated heterocycles. The molecule has 0 radical (unpaired) electrons. The molecular formula is C22H29NO2. The number of ether oxygens (including phenoxy) is 1. The van der Waals surface area contributed by atoms with Crippen LogP contribution < -0.4 is 9.64 Å². The fourth-order valence-electron chi connectivity index (χ4n) is 5.00. The number of benzene rings is 1. The number of allylic oxidation sites excluding steroid dienone is 1. The Kier molecular flexibility index (Phi) is 3.93. The number of hydrogen-bond acceptors (Lipinski definition) is 3. The van der Waals surface area contributed by atoms with E-state index in [2.05, 4.69) is 56.9 Å². The average Bonchev–Trinajstić information content (AvgIpc) is 2.62. The van der Waals surface area contributed by atoms with Crippen LogP contribution in [0.1, 0.15) is 46.1 Å². The van der Waals surface area contributed by atoms with Crippen molar-refractivity contribution in [2.75, 3.05) is 18.0 Å². The second-order valence-corrected chi connectivity index (χ2v) is 8.35. The second-order valence-electron chi connectivity index (χ2n) is 8.35. The van der Waals surface area contributed by atoms with Gasteiger partial charge in [0.05, 0.1) is 0 Å². The Bertz CT molecular complexity index is 730. The summed E-state index contributed by atoms with van der Waals surface area (Å²) in [7, 11) is 0. The van der Waals surface area contributed by atoms with Gasteiger partial charge in [0.15, 0.2) is 11.9 Å². The van der Waals surface area contributed by atoms with E-state index < -0.39 is 0 Å². The molecule has 1 aromatic carbocycles. The SMILES string of the molecule is CCN(CC)c1ccc2c(c1)OC(C1=CCC3CC1C3(C)C)C(=O)C2. The molecule has 134 valence electrons. The molecule has 1 saturated carbocycles. The molecule has 0 aromatic heterocycles. The van der Waals surface area contributed by atoms with Crippen LogP contribution in [0.4, 0.5) is 5.69 Å². The average molecular weight is 339 g/mol. The molecular weight excluding hydrogens is 310 g/mol. The zero-order chi connectivity index (χ0) is 17.8. The summed E-state index contributed by atoms with van der Waals surface area (Å²) in [5.74, 6) is 2.40. The van der Waals surface area contributed by atoms with Crippen molar-refractivity contribution in [2.45, 2.75) is 53.1 Å². The van der Waals surface area contributed by atoms with E-state index in [1.807, 2.05) is 0 Å². The Morgan fingerprint density at radius 3 is 2.64 bits per heavy atom. The smallest absolute Gasteiger partial charge is 0.182 e. The van der Waals surface area contributed by atoms with Crippen LogP contribution in [-0.2, 0) is 11.2 Å². The monoisotopic (exact) mass is 339 g/mol. The van der Waals surface area contributed by atoms with Crippen molar-refractivity contribution in [3.63, 3.8) is 0 Å². The molecule has 2 bridgehead atoms. The first kappa shape index (κ1) is 16.7. The lowest BCUT2D eigenvalue weighted by molar-refractivity contribution is -0.126. The maximum atomic E-state index is 12.8. The quantitative estimate of drug-likeness (QED) is 0.762. The van der Waals surface area contributed by atoms with Gasteiger partial charge in [0, 0.05) is 36.8 Å². The zero-order valence-electron chi connectivity index (χ0n) is 15.8. The van der Waals surface area contributed by atoms with Gasteiger partial charge in [0.1, 0.15) is 5.75 Å². The van der Waals surface area contributed by atoms with E-state index in [0.29, 0.717) is 17.8 Å². The Balaban J connectivity index is 1.63. The molecule has 0 N–H and O–H groups in total. The van der Waals surface area contributed by atoms with Gasteiger partial charge in [-0.1, -0.05) is 26.0 Å². The number of rotatable bonds is 4. The third-order valence-electron chi connectivity index (χ3n) is 6.89. The third-order valence-corrected chi connectivity index (χ3v) is 6.89. The summed E-state index contributed by atoms with van der Waals surface area (Å²) >= 11 is 0. The van der Waals surface area contributed by atoms with Gasteiger partial charge in [-0.05, 0) is 55.6 Å². The van der Waals surface area contributed by atoms with Gasteiger partial charge >= 0.3 is 0 Å². The van der Waals surface area contributed by atoms with E-state index in [1.54, 1.807) is 0 Å². The van der Waals surface area contributed by atoms with E-state index >= 15 is 0 Å². The highest BCUT2D eigenvalue weighted by atomic mass is 16.5. The van der Waals surface area contributed by atoms with E-state index in [-0.39, 0.29) is 11.9 Å². The molecule has 3 aliphatic carbocycles. The highest BCUT2D eigenvalue weighted by molar-refractivity contribution is 5.91. The molecule has 5 rings (SSSR count). The molecule has 4 aliphatic rings. The largest absolute Gasteiger partial charge is 0.478 e. The lowest BCUT2D eigenvalue weighted by Gasteiger charge is -2.57. The van der Waals surface area contributed by atoms with Crippen molar-refractivity contribution in [1.29, 1.82) is 0 Å². The van der Waals surface area contributed by atoms with Crippen LogP contribution in [0, 0.1) is 17.3 Å². The number of anilines is 1. The van der Waals surface area contributed by atoms with Gasteiger partial charge in [0.25, 0.3) is 0 Å². The number of fused-ring (bicyclic) bond motifs is 2. The fraction of sp³-hybridized carbons (Fsp3) is 0.591. The van der Waals surface area contributed by atoms with E-state index in [1.165, 1.54) is 17.7 Å². The Morgan fingerprint density at radius 1 is 1.24 bits per heavy atom. The molecule has 0 amide bonds. The molecule has 3 heteroatoms. The first-order chi connectivity index (χ1) is 12.0. The molecule has 1 fully saturated rings. The van der Waals surface area contributed by atoms with Gasteiger partial charge in [-0.15, -0.1) is 0 Å². The molecule has 1 aromatic rings. The maximum Gasteiger partial charge on any atom is 0.182 e. The minimum absolute atomic E-state index is 0.218. The Labute approximate surface area is 151 Å². The molecule has 25 heavy (non-hydrogen) atoms. The number of nitrogens with zero attached hydrogens (tertiary/aromatic N) is 1. The van der Waals surface area contributed by atoms with Crippen molar-refractivity contribution in [2.24, 2.45) is 17.3 Å². The summed E-state index contributed by atoms with van der Waals surface area (Å²) in [6.07, 6.45) is 4.74. The topological polar surface area (TPSA) is 29.5 Å². The molecule has 3 nitrogen and oxygen atoms in total. The number of Topliss-reactive ketones (excluding diaryl/α,β-unsaturated/α-hetero) is 1. The summed E-state index contributed by atoms with van der Waals surface area (Å²) in [6, 6.07) is 6.30. The lowest BCUT2D eigenvalue weighted by atomic mass is 9.48. The van der Waals surface area contributed by atoms with Crippen molar-refractivity contribution < 1.29 is 9.53 Å². The fourth-order valence-corrected chi connectivity index (χ4v) is 5.00. The minimum Gasteiger partial charge on any atom is -0.478 e. The summed E-state index contributed by atoms with van der Waals surface area (Å²) in [4.78, 5) is 15.1. The van der Waals surface area contributed by atoms with Gasteiger partial charge in [-0.3, -0.25) is 4.79 Å². The first-order valence-corrected chi connectivity index (χ1v) is 9.72. The normalized spacial score (nSPS) is 29.2. The third kappa shape index (κ3) is 2.51. The Morgan fingerprint density at radius 2 is 2.00 bits per heavy atom. The number of carbonyl (C=O) groups is 1. The standard InChI is InChI=1S/C22H29NO2/c1-5-23(6-2)16-9-7-14-11-19(24)21(25-20(14)13-16)17-10-8-15-12-18(17)22(15,3)4/h7,9-10,13,15,18,21H,5-6,8,11-12H2,1-4H3. The second kappa shape index (κ2) is 5.89. The van der Waals surface area contributed by atoms with Crippen molar-refractivity contribution in [3.8, 4) is 5.75 Å². The van der Waals surface area contributed by atoms with Crippen molar-refractivity contribution >= 4 is 11.5 Å². The molecule has 3 unspecified atom stereocenters. The van der Waals surface area contributed by atoms with Gasteiger partial charge in [-0.25, -0.2) is 0 Å². The zero-order valence-corrected chi connectivity index (χ0v) is 15.8. The highest BCUT2D eigenvalue weighted by Gasteiger charge is 2.54. The van der Waals surface area contributed by atoms with Gasteiger partial charge in [0.2, 0.25) is 0 Å². The summed E-state index contributed by atoms with van der Waals surface area (Å²) in [5.41, 5.74) is 3.77. The maximum absolute atomic E-state index is 12.8.